The molecule has 1 aliphatic rings. The summed E-state index contributed by atoms with van der Waals surface area (Å²) in [6, 6.07) is 0.554. The summed E-state index contributed by atoms with van der Waals surface area (Å²) in [5.74, 6) is 0.827. The molecule has 2 nitrogen and oxygen atoms in total. The lowest BCUT2D eigenvalue weighted by molar-refractivity contribution is 0.276. The van der Waals surface area contributed by atoms with Crippen molar-refractivity contribution in [3.63, 3.8) is 0 Å². The van der Waals surface area contributed by atoms with Crippen LogP contribution in [-0.2, 0) is 0 Å². The van der Waals surface area contributed by atoms with Crippen molar-refractivity contribution in [2.24, 2.45) is 5.92 Å². The van der Waals surface area contributed by atoms with Crippen molar-refractivity contribution >= 4 is 11.3 Å². The summed E-state index contributed by atoms with van der Waals surface area (Å²) >= 11 is 1.82. The highest BCUT2D eigenvalue weighted by Gasteiger charge is 2.26. The Morgan fingerprint density at radius 1 is 1.44 bits per heavy atom. The number of nitrogens with one attached hydrogen (secondary N) is 1. The molecule has 0 radical (unpaired) electrons. The highest BCUT2D eigenvalue weighted by molar-refractivity contribution is 7.09. The lowest BCUT2D eigenvalue weighted by Gasteiger charge is -2.30. The first-order chi connectivity index (χ1) is 7.83. The Balaban J connectivity index is 2.12. The molecule has 1 N–H and O–H groups in total. The van der Waals surface area contributed by atoms with Crippen molar-refractivity contribution in [2.75, 3.05) is 6.54 Å². The summed E-state index contributed by atoms with van der Waals surface area (Å²) in [6.07, 6.45) is 7.01. The molecule has 3 heteroatoms. The largest absolute Gasteiger partial charge is 0.309 e. The number of thiazole rings is 1. The minimum Gasteiger partial charge on any atom is -0.309 e. The molecule has 0 aliphatic heterocycles. The summed E-state index contributed by atoms with van der Waals surface area (Å²) < 4.78 is 0. The van der Waals surface area contributed by atoms with Crippen molar-refractivity contribution < 1.29 is 0 Å². The van der Waals surface area contributed by atoms with Crippen LogP contribution in [0.5, 0.6) is 0 Å². The molecule has 0 aromatic carbocycles. The van der Waals surface area contributed by atoms with E-state index in [1.54, 1.807) is 0 Å². The third-order valence-corrected chi connectivity index (χ3v) is 4.62. The molecule has 1 aliphatic carbocycles. The maximum atomic E-state index is 4.39. The van der Waals surface area contributed by atoms with Gasteiger partial charge in [0.15, 0.2) is 0 Å². The van der Waals surface area contributed by atoms with Gasteiger partial charge in [-0.3, -0.25) is 0 Å². The molecule has 1 saturated carbocycles. The average molecular weight is 238 g/mol. The number of hydrogen-bond acceptors (Lipinski definition) is 3. The molecule has 0 saturated heterocycles. The standard InChI is InChI=1S/C13H22N2S/c1-3-14-12(11-7-5-4-6-8-11)13-10(2)15-9-16-13/h9,11-12,14H,3-8H2,1-2H3. The van der Waals surface area contributed by atoms with Crippen molar-refractivity contribution in [3.05, 3.63) is 16.1 Å². The SMILES string of the molecule is CCNC(c1scnc1C)C1CCCCC1. The second kappa shape index (κ2) is 5.78. The van der Waals surface area contributed by atoms with Crippen molar-refractivity contribution in [2.45, 2.75) is 52.0 Å². The third kappa shape index (κ3) is 2.64. The minimum absolute atomic E-state index is 0.554. The molecular formula is C13H22N2S. The topological polar surface area (TPSA) is 24.9 Å². The van der Waals surface area contributed by atoms with E-state index < -0.39 is 0 Å². The fourth-order valence-electron chi connectivity index (χ4n) is 2.77. The minimum atomic E-state index is 0.554. The molecule has 1 heterocycles. The van der Waals surface area contributed by atoms with Crippen molar-refractivity contribution in [3.8, 4) is 0 Å². The van der Waals surface area contributed by atoms with Gasteiger partial charge in [-0.05, 0) is 32.2 Å². The van der Waals surface area contributed by atoms with E-state index in [1.165, 1.54) is 42.7 Å². The van der Waals surface area contributed by atoms with Gasteiger partial charge in [0.05, 0.1) is 11.2 Å². The zero-order valence-electron chi connectivity index (χ0n) is 10.3. The van der Waals surface area contributed by atoms with Crippen LogP contribution < -0.4 is 5.32 Å². The van der Waals surface area contributed by atoms with Gasteiger partial charge in [-0.25, -0.2) is 4.98 Å². The molecule has 16 heavy (non-hydrogen) atoms. The van der Waals surface area contributed by atoms with Gasteiger partial charge in [-0.15, -0.1) is 11.3 Å². The number of aromatic nitrogens is 1. The van der Waals surface area contributed by atoms with Gasteiger partial charge in [-0.2, -0.15) is 0 Å². The Kier molecular flexibility index (Phi) is 4.36. The van der Waals surface area contributed by atoms with E-state index in [-0.39, 0.29) is 0 Å². The Morgan fingerprint density at radius 2 is 2.19 bits per heavy atom. The van der Waals surface area contributed by atoms with Gasteiger partial charge < -0.3 is 5.32 Å². The molecule has 0 bridgehead atoms. The first-order valence-electron chi connectivity index (χ1n) is 6.46. The molecule has 2 rings (SSSR count). The van der Waals surface area contributed by atoms with E-state index in [1.807, 2.05) is 16.8 Å². The van der Waals surface area contributed by atoms with Gasteiger partial charge in [-0.1, -0.05) is 26.2 Å². The molecule has 90 valence electrons. The maximum Gasteiger partial charge on any atom is 0.0798 e. The third-order valence-electron chi connectivity index (χ3n) is 3.61. The van der Waals surface area contributed by atoms with E-state index in [4.69, 9.17) is 0 Å². The second-order valence-corrected chi connectivity index (χ2v) is 5.62. The monoisotopic (exact) mass is 238 g/mol. The smallest absolute Gasteiger partial charge is 0.0798 e. The van der Waals surface area contributed by atoms with Crippen LogP contribution in [-0.4, -0.2) is 11.5 Å². The summed E-state index contributed by atoms with van der Waals surface area (Å²) in [7, 11) is 0. The summed E-state index contributed by atoms with van der Waals surface area (Å²) in [5, 5.41) is 3.67. The number of nitrogens with zero attached hydrogens (tertiary/aromatic N) is 1. The van der Waals surface area contributed by atoms with Crippen LogP contribution in [0.25, 0.3) is 0 Å². The number of rotatable bonds is 4. The van der Waals surface area contributed by atoms with Gasteiger partial charge in [0.1, 0.15) is 0 Å². The Labute approximate surface area is 102 Å². The summed E-state index contributed by atoms with van der Waals surface area (Å²) in [6.45, 7) is 5.39. The number of hydrogen-bond donors (Lipinski definition) is 1. The lowest BCUT2D eigenvalue weighted by atomic mass is 9.83. The lowest BCUT2D eigenvalue weighted by Crippen LogP contribution is -2.29. The van der Waals surface area contributed by atoms with Crippen LogP contribution in [0.4, 0.5) is 0 Å². The van der Waals surface area contributed by atoms with Crippen LogP contribution in [0.3, 0.4) is 0 Å². The van der Waals surface area contributed by atoms with Crippen LogP contribution >= 0.6 is 11.3 Å². The van der Waals surface area contributed by atoms with Crippen LogP contribution in [0.1, 0.15) is 55.6 Å². The van der Waals surface area contributed by atoms with Crippen LogP contribution in [0.15, 0.2) is 5.51 Å². The van der Waals surface area contributed by atoms with E-state index in [0.29, 0.717) is 6.04 Å². The summed E-state index contributed by atoms with van der Waals surface area (Å²) in [5.41, 5.74) is 3.21. The molecule has 1 aromatic heterocycles. The van der Waals surface area contributed by atoms with Crippen LogP contribution in [0.2, 0.25) is 0 Å². The number of aryl methyl sites for hydroxylation is 1. The quantitative estimate of drug-likeness (QED) is 0.865. The highest BCUT2D eigenvalue weighted by atomic mass is 32.1. The van der Waals surface area contributed by atoms with Gasteiger partial charge >= 0.3 is 0 Å². The van der Waals surface area contributed by atoms with E-state index in [0.717, 1.165) is 12.5 Å². The molecule has 1 aromatic rings. The summed E-state index contributed by atoms with van der Waals surface area (Å²) in [4.78, 5) is 5.86. The maximum absolute atomic E-state index is 4.39. The zero-order chi connectivity index (χ0) is 11.4. The zero-order valence-corrected chi connectivity index (χ0v) is 11.1. The average Bonchev–Trinajstić information content (AvgIpc) is 2.73. The molecule has 1 atom stereocenters. The Morgan fingerprint density at radius 3 is 2.75 bits per heavy atom. The van der Waals surface area contributed by atoms with Crippen molar-refractivity contribution in [1.82, 2.24) is 10.3 Å². The molecule has 0 amide bonds. The molecule has 1 fully saturated rings. The Hall–Kier alpha value is -0.410. The normalized spacial score (nSPS) is 19.9. The fourth-order valence-corrected chi connectivity index (χ4v) is 3.74. The van der Waals surface area contributed by atoms with Crippen LogP contribution in [0, 0.1) is 12.8 Å². The predicted octanol–water partition coefficient (Wildman–Crippen LogP) is 3.68. The second-order valence-electron chi connectivity index (χ2n) is 4.74. The fraction of sp³-hybridized carbons (Fsp3) is 0.769. The molecule has 1 unspecified atom stereocenters. The van der Waals surface area contributed by atoms with E-state index in [9.17, 15) is 0 Å². The Bertz CT molecular complexity index is 315. The highest BCUT2D eigenvalue weighted by Crippen LogP contribution is 2.36. The van der Waals surface area contributed by atoms with Gasteiger partial charge in [0.25, 0.3) is 0 Å². The first kappa shape index (κ1) is 12.1. The van der Waals surface area contributed by atoms with Gasteiger partial charge in [0, 0.05) is 10.9 Å². The van der Waals surface area contributed by atoms with E-state index in [2.05, 4.69) is 24.1 Å². The molecular weight excluding hydrogens is 216 g/mol. The van der Waals surface area contributed by atoms with E-state index >= 15 is 0 Å². The first-order valence-corrected chi connectivity index (χ1v) is 7.34. The molecule has 0 spiro atoms. The predicted molar refractivity (Wildman–Crippen MR) is 69.8 cm³/mol. The van der Waals surface area contributed by atoms with Crippen molar-refractivity contribution in [1.29, 1.82) is 0 Å². The van der Waals surface area contributed by atoms with Gasteiger partial charge in [0.2, 0.25) is 0 Å².